The van der Waals surface area contributed by atoms with Crippen LogP contribution < -0.4 is 10.5 Å². The summed E-state index contributed by atoms with van der Waals surface area (Å²) in [6.45, 7) is 1.01. The molecule has 0 saturated carbocycles. The molecule has 17 heavy (non-hydrogen) atoms. The number of nitrogens with two attached hydrogens (primary N) is 1. The normalized spacial score (nSPS) is 10.4. The van der Waals surface area contributed by atoms with Gasteiger partial charge in [-0.2, -0.15) is 0 Å². The number of nitrogens with zero attached hydrogens (tertiary/aromatic N) is 1. The predicted octanol–water partition coefficient (Wildman–Crippen LogP) is 2.45. The van der Waals surface area contributed by atoms with Crippen LogP contribution in [0.4, 0.5) is 5.13 Å². The van der Waals surface area contributed by atoms with E-state index in [-0.39, 0.29) is 0 Å². The van der Waals surface area contributed by atoms with E-state index in [1.807, 2.05) is 29.6 Å². The Morgan fingerprint density at radius 2 is 2.24 bits per heavy atom. The summed E-state index contributed by atoms with van der Waals surface area (Å²) in [5.41, 5.74) is 7.48. The fourth-order valence-electron chi connectivity index (χ4n) is 1.42. The third kappa shape index (κ3) is 3.44. The summed E-state index contributed by atoms with van der Waals surface area (Å²) in [5, 5.41) is 2.48. The van der Waals surface area contributed by atoms with Crippen LogP contribution in [-0.4, -0.2) is 12.1 Å². The Bertz CT molecular complexity index is 485. The van der Waals surface area contributed by atoms with Crippen LogP contribution in [0.1, 0.15) is 11.3 Å². The largest absolute Gasteiger partial charge is 0.497 e. The van der Waals surface area contributed by atoms with E-state index in [1.165, 1.54) is 11.3 Å². The lowest BCUT2D eigenvalue weighted by Crippen LogP contribution is -1.95. The lowest BCUT2D eigenvalue weighted by Gasteiger charge is -2.04. The van der Waals surface area contributed by atoms with E-state index in [0.717, 1.165) is 17.0 Å². The Labute approximate surface area is 104 Å². The molecule has 0 spiro atoms. The number of ether oxygens (including phenoxy) is 2. The molecule has 0 amide bonds. The van der Waals surface area contributed by atoms with Crippen LogP contribution in [-0.2, 0) is 18.0 Å². The lowest BCUT2D eigenvalue weighted by atomic mass is 10.2. The number of thiazole rings is 1. The molecule has 0 fully saturated rings. The van der Waals surface area contributed by atoms with Crippen molar-refractivity contribution in [3.05, 3.63) is 40.9 Å². The van der Waals surface area contributed by atoms with Gasteiger partial charge in [-0.15, -0.1) is 11.3 Å². The van der Waals surface area contributed by atoms with E-state index >= 15 is 0 Å². The maximum absolute atomic E-state index is 5.55. The van der Waals surface area contributed by atoms with Gasteiger partial charge in [0.25, 0.3) is 0 Å². The Kier molecular flexibility index (Phi) is 3.95. The van der Waals surface area contributed by atoms with Gasteiger partial charge in [-0.25, -0.2) is 4.98 Å². The summed E-state index contributed by atoms with van der Waals surface area (Å²) in [6, 6.07) is 7.80. The average molecular weight is 250 g/mol. The Balaban J connectivity index is 1.85. The van der Waals surface area contributed by atoms with Crippen LogP contribution in [0.3, 0.4) is 0 Å². The van der Waals surface area contributed by atoms with E-state index in [4.69, 9.17) is 15.2 Å². The maximum Gasteiger partial charge on any atom is 0.180 e. The number of methoxy groups -OCH3 is 1. The summed E-state index contributed by atoms with van der Waals surface area (Å²) >= 11 is 1.42. The molecule has 5 heteroatoms. The van der Waals surface area contributed by atoms with Crippen molar-refractivity contribution in [1.82, 2.24) is 4.98 Å². The van der Waals surface area contributed by atoms with Gasteiger partial charge in [0.15, 0.2) is 5.13 Å². The van der Waals surface area contributed by atoms with Crippen molar-refractivity contribution in [2.75, 3.05) is 12.8 Å². The molecule has 0 atom stereocenters. The van der Waals surface area contributed by atoms with Crippen LogP contribution in [0, 0.1) is 0 Å². The van der Waals surface area contributed by atoms with Crippen LogP contribution in [0.25, 0.3) is 0 Å². The number of hydrogen-bond donors (Lipinski definition) is 1. The minimum Gasteiger partial charge on any atom is -0.497 e. The van der Waals surface area contributed by atoms with Gasteiger partial charge in [-0.1, -0.05) is 12.1 Å². The molecule has 0 saturated heterocycles. The van der Waals surface area contributed by atoms with Crippen LogP contribution in [0.2, 0.25) is 0 Å². The summed E-state index contributed by atoms with van der Waals surface area (Å²) in [5.74, 6) is 0.837. The Hall–Kier alpha value is -1.59. The molecule has 2 N–H and O–H groups in total. The van der Waals surface area contributed by atoms with Crippen LogP contribution >= 0.6 is 11.3 Å². The SMILES string of the molecule is COc1cccc(COCc2csc(N)n2)c1. The van der Waals surface area contributed by atoms with E-state index in [2.05, 4.69) is 4.98 Å². The van der Waals surface area contributed by atoms with E-state index < -0.39 is 0 Å². The first-order chi connectivity index (χ1) is 8.28. The molecule has 90 valence electrons. The first-order valence-electron chi connectivity index (χ1n) is 5.18. The number of anilines is 1. The molecule has 0 radical (unpaired) electrons. The number of benzene rings is 1. The van der Waals surface area contributed by atoms with Gasteiger partial charge in [0.05, 0.1) is 26.0 Å². The third-order valence-electron chi connectivity index (χ3n) is 2.22. The zero-order valence-electron chi connectivity index (χ0n) is 9.55. The van der Waals surface area contributed by atoms with Crippen molar-refractivity contribution in [3.8, 4) is 5.75 Å². The zero-order chi connectivity index (χ0) is 12.1. The van der Waals surface area contributed by atoms with Gasteiger partial charge >= 0.3 is 0 Å². The average Bonchev–Trinajstić information content (AvgIpc) is 2.75. The molecule has 0 unspecified atom stereocenters. The first-order valence-corrected chi connectivity index (χ1v) is 6.06. The second-order valence-electron chi connectivity index (χ2n) is 3.52. The highest BCUT2D eigenvalue weighted by atomic mass is 32.1. The summed E-state index contributed by atoms with van der Waals surface area (Å²) < 4.78 is 10.7. The van der Waals surface area contributed by atoms with E-state index in [1.54, 1.807) is 7.11 Å². The molecule has 4 nitrogen and oxygen atoms in total. The molecule has 2 rings (SSSR count). The number of rotatable bonds is 5. The molecule has 1 aromatic heterocycles. The van der Waals surface area contributed by atoms with Crippen molar-refractivity contribution in [1.29, 1.82) is 0 Å². The minimum atomic E-state index is 0.477. The van der Waals surface area contributed by atoms with Gasteiger partial charge in [-0.3, -0.25) is 0 Å². The van der Waals surface area contributed by atoms with Crippen molar-refractivity contribution >= 4 is 16.5 Å². The molecule has 0 aliphatic rings. The topological polar surface area (TPSA) is 57.4 Å². The van der Waals surface area contributed by atoms with Crippen LogP contribution in [0.5, 0.6) is 5.75 Å². The number of hydrogen-bond acceptors (Lipinski definition) is 5. The summed E-state index contributed by atoms with van der Waals surface area (Å²) in [7, 11) is 1.65. The predicted molar refractivity (Wildman–Crippen MR) is 68.0 cm³/mol. The number of nitrogen functional groups attached to an aromatic ring is 1. The highest BCUT2D eigenvalue weighted by Gasteiger charge is 2.00. The molecular weight excluding hydrogens is 236 g/mol. The molecule has 1 heterocycles. The van der Waals surface area contributed by atoms with Crippen LogP contribution in [0.15, 0.2) is 29.6 Å². The molecule has 0 aliphatic carbocycles. The summed E-state index contributed by atoms with van der Waals surface area (Å²) in [6.07, 6.45) is 0. The molecule has 0 bridgehead atoms. The maximum atomic E-state index is 5.55. The van der Waals surface area contributed by atoms with Crippen molar-refractivity contribution in [2.45, 2.75) is 13.2 Å². The Morgan fingerprint density at radius 3 is 2.94 bits per heavy atom. The monoisotopic (exact) mass is 250 g/mol. The highest BCUT2D eigenvalue weighted by molar-refractivity contribution is 7.13. The fourth-order valence-corrected chi connectivity index (χ4v) is 1.97. The zero-order valence-corrected chi connectivity index (χ0v) is 10.4. The lowest BCUT2D eigenvalue weighted by molar-refractivity contribution is 0.105. The minimum absolute atomic E-state index is 0.477. The van der Waals surface area contributed by atoms with Gasteiger partial charge in [0, 0.05) is 5.38 Å². The van der Waals surface area contributed by atoms with Crippen molar-refractivity contribution in [3.63, 3.8) is 0 Å². The Morgan fingerprint density at radius 1 is 1.35 bits per heavy atom. The molecular formula is C12H14N2O2S. The quantitative estimate of drug-likeness (QED) is 0.885. The van der Waals surface area contributed by atoms with Gasteiger partial charge in [-0.05, 0) is 17.7 Å². The van der Waals surface area contributed by atoms with E-state index in [9.17, 15) is 0 Å². The second kappa shape index (κ2) is 5.65. The highest BCUT2D eigenvalue weighted by Crippen LogP contribution is 2.15. The molecule has 0 aliphatic heterocycles. The standard InChI is InChI=1S/C12H14N2O2S/c1-15-11-4-2-3-9(5-11)6-16-7-10-8-17-12(13)14-10/h2-5,8H,6-7H2,1H3,(H2,13,14). The molecule has 2 aromatic rings. The molecule has 1 aromatic carbocycles. The smallest absolute Gasteiger partial charge is 0.180 e. The first kappa shape index (κ1) is 11.9. The fraction of sp³-hybridized carbons (Fsp3) is 0.250. The van der Waals surface area contributed by atoms with E-state index in [0.29, 0.717) is 18.3 Å². The van der Waals surface area contributed by atoms with Crippen molar-refractivity contribution in [2.24, 2.45) is 0 Å². The summed E-state index contributed by atoms with van der Waals surface area (Å²) in [4.78, 5) is 4.12. The van der Waals surface area contributed by atoms with Gasteiger partial charge in [0.2, 0.25) is 0 Å². The van der Waals surface area contributed by atoms with Gasteiger partial charge < -0.3 is 15.2 Å². The van der Waals surface area contributed by atoms with Gasteiger partial charge in [0.1, 0.15) is 5.75 Å². The third-order valence-corrected chi connectivity index (χ3v) is 2.95. The second-order valence-corrected chi connectivity index (χ2v) is 4.41. The number of aromatic nitrogens is 1. The van der Waals surface area contributed by atoms with Crippen molar-refractivity contribution < 1.29 is 9.47 Å².